The highest BCUT2D eigenvalue weighted by molar-refractivity contribution is 8.01. The number of amides is 2. The number of aromatic nitrogens is 5. The molecule has 8 aromatic rings. The number of anilines is 1. The Bertz CT molecular complexity index is 3810. The Morgan fingerprint density at radius 2 is 1.40 bits per heavy atom. The highest BCUT2D eigenvalue weighted by atomic mass is 32.2. The van der Waals surface area contributed by atoms with Gasteiger partial charge in [-0.25, -0.2) is 24.4 Å². The van der Waals surface area contributed by atoms with Gasteiger partial charge in [-0.1, -0.05) is 126 Å². The van der Waals surface area contributed by atoms with Crippen molar-refractivity contribution in [3.63, 3.8) is 0 Å². The lowest BCUT2D eigenvalue weighted by molar-refractivity contribution is -0.154. The summed E-state index contributed by atoms with van der Waals surface area (Å²) in [5.74, 6) is -3.80. The van der Waals surface area contributed by atoms with Crippen LogP contribution in [0.3, 0.4) is 0 Å². The van der Waals surface area contributed by atoms with E-state index in [1.807, 2.05) is 121 Å². The standard InChI is InChI=1S/C61H55N9O11S3/c1-34-29-44(70-59(63-34)66-51(67-70)57(75)78-49(37-23-15-9-16-24-37)38-25-17-10-18-26-38)82-31-39-32-83-54-46(53(72)69(54)47(39)56(74)77-48(35-19-11-7-12-20-35)36-21-13-8-14-22-36)65-52(71)45(42-33-84-58(62)64-42)68-76-30-41-40(55(73)81-60(2,3)4)27-28-43-50(41)80-61(5,6)79-43/h7-29,33,46,48-49,54H,30-32H2,1-6H3,(H2,62,64)(H,65,71)/b68-45-/t46-,54-/m1/s1. The Kier molecular flexibility index (Phi) is 16.0. The van der Waals surface area contributed by atoms with Crippen LogP contribution in [0.1, 0.15) is 107 Å². The summed E-state index contributed by atoms with van der Waals surface area (Å²) in [7, 11) is 0. The molecule has 0 saturated carbocycles. The van der Waals surface area contributed by atoms with E-state index < -0.39 is 64.7 Å². The van der Waals surface area contributed by atoms with Crippen LogP contribution in [0.25, 0.3) is 5.78 Å². The molecule has 428 valence electrons. The number of carbonyl (C=O) groups is 5. The summed E-state index contributed by atoms with van der Waals surface area (Å²) in [4.78, 5) is 92.5. The summed E-state index contributed by atoms with van der Waals surface area (Å²) < 4.78 is 31.8. The highest BCUT2D eigenvalue weighted by Gasteiger charge is 2.55. The number of esters is 3. The Morgan fingerprint density at radius 3 is 1.98 bits per heavy atom. The molecule has 0 bridgehead atoms. The lowest BCUT2D eigenvalue weighted by atomic mass is 10.0. The van der Waals surface area contributed by atoms with Gasteiger partial charge in [-0.2, -0.15) is 9.50 Å². The SMILES string of the molecule is Cc1cc(SCC2=C(C(=O)OC(c3ccccc3)c3ccccc3)N3C(=O)[C@@H](NC(=O)/C(=N\OCc4c(C(=O)OC(C)(C)C)ccc5c4OC(C)(C)O5)c4csc(N)n4)[C@H]3SC2)n2nc(C(=O)OC(c3ccccc3)c3ccccc3)nc2n1. The number of β-lactam (4-membered cyclic amide) rings is 1. The first kappa shape index (κ1) is 56.8. The van der Waals surface area contributed by atoms with Gasteiger partial charge in [-0.15, -0.1) is 40.0 Å². The molecule has 1 fully saturated rings. The molecule has 3 aromatic heterocycles. The number of hydrogen-bond acceptors (Lipinski definition) is 20. The molecule has 23 heteroatoms. The van der Waals surface area contributed by atoms with Crippen molar-refractivity contribution in [1.82, 2.24) is 34.8 Å². The molecule has 1 saturated heterocycles. The molecule has 3 aliphatic rings. The van der Waals surface area contributed by atoms with E-state index in [-0.39, 0.29) is 68.8 Å². The summed E-state index contributed by atoms with van der Waals surface area (Å²) in [6, 6.07) is 41.0. The van der Waals surface area contributed by atoms with Gasteiger partial charge in [0.05, 0.1) is 11.1 Å². The number of nitrogens with two attached hydrogens (primary N) is 1. The van der Waals surface area contributed by atoms with Crippen molar-refractivity contribution in [2.75, 3.05) is 17.2 Å². The first-order valence-electron chi connectivity index (χ1n) is 26.5. The lowest BCUT2D eigenvalue weighted by Crippen LogP contribution is -2.71. The summed E-state index contributed by atoms with van der Waals surface area (Å²) in [6.07, 6.45) is -1.62. The number of carbonyl (C=O) groups excluding carboxylic acids is 5. The Labute approximate surface area is 494 Å². The van der Waals surface area contributed by atoms with E-state index in [4.69, 9.17) is 34.3 Å². The Balaban J connectivity index is 0.879. The first-order valence-corrected chi connectivity index (χ1v) is 29.4. The molecular formula is C61H55N9O11S3. The van der Waals surface area contributed by atoms with Crippen molar-refractivity contribution in [1.29, 1.82) is 0 Å². The quantitative estimate of drug-likeness (QED) is 0.0154. The highest BCUT2D eigenvalue weighted by Crippen LogP contribution is 2.45. The number of thiazole rings is 1. The van der Waals surface area contributed by atoms with Gasteiger partial charge in [0.2, 0.25) is 5.79 Å². The molecule has 0 unspecified atom stereocenters. The summed E-state index contributed by atoms with van der Waals surface area (Å²) >= 11 is 3.68. The number of nitrogens with one attached hydrogen (secondary N) is 1. The van der Waals surface area contributed by atoms with Crippen molar-refractivity contribution in [2.45, 2.75) is 88.2 Å². The molecule has 84 heavy (non-hydrogen) atoms. The average Bonchev–Trinajstić information content (AvgIpc) is 1.76. The number of nitrogen functional groups attached to an aromatic ring is 1. The molecule has 0 aliphatic carbocycles. The largest absolute Gasteiger partial charge is 0.456 e. The zero-order chi connectivity index (χ0) is 58.9. The monoisotopic (exact) mass is 1190 g/mol. The summed E-state index contributed by atoms with van der Waals surface area (Å²) in [5, 5.41) is 13.0. The first-order chi connectivity index (χ1) is 40.4. The van der Waals surface area contributed by atoms with Crippen molar-refractivity contribution in [3.05, 3.63) is 207 Å². The Hall–Kier alpha value is -9.06. The van der Waals surface area contributed by atoms with Crippen LogP contribution in [-0.2, 0) is 40.0 Å². The van der Waals surface area contributed by atoms with E-state index in [1.54, 1.807) is 53.7 Å². The van der Waals surface area contributed by atoms with Gasteiger partial charge >= 0.3 is 17.9 Å². The van der Waals surface area contributed by atoms with Gasteiger partial charge in [0.25, 0.3) is 23.4 Å². The third-order valence-corrected chi connectivity index (χ3v) is 16.4. The van der Waals surface area contributed by atoms with Crippen molar-refractivity contribution in [2.24, 2.45) is 5.16 Å². The zero-order valence-corrected chi connectivity index (χ0v) is 48.7. The number of fused-ring (bicyclic) bond motifs is 3. The third kappa shape index (κ3) is 12.2. The van der Waals surface area contributed by atoms with Crippen LogP contribution >= 0.6 is 34.9 Å². The van der Waals surface area contributed by atoms with Gasteiger partial charge in [0.15, 0.2) is 34.6 Å². The van der Waals surface area contributed by atoms with Crippen molar-refractivity contribution < 1.29 is 52.5 Å². The van der Waals surface area contributed by atoms with Crippen LogP contribution in [0.2, 0.25) is 0 Å². The molecule has 0 spiro atoms. The fraction of sp³-hybridized carbons (Fsp3) is 0.246. The minimum atomic E-state index is -1.16. The van der Waals surface area contributed by atoms with Gasteiger partial charge in [-0.3, -0.25) is 14.5 Å². The maximum atomic E-state index is 15.1. The zero-order valence-electron chi connectivity index (χ0n) is 46.2. The fourth-order valence-electron chi connectivity index (χ4n) is 9.55. The van der Waals surface area contributed by atoms with Crippen LogP contribution in [0.4, 0.5) is 5.13 Å². The second kappa shape index (κ2) is 23.7. The summed E-state index contributed by atoms with van der Waals surface area (Å²) in [6.45, 7) is 10.1. The molecule has 2 atom stereocenters. The normalized spacial score (nSPS) is 16.3. The molecule has 6 heterocycles. The average molecular weight is 1190 g/mol. The van der Waals surface area contributed by atoms with E-state index >= 15 is 4.79 Å². The van der Waals surface area contributed by atoms with Gasteiger partial charge in [0.1, 0.15) is 40.0 Å². The van der Waals surface area contributed by atoms with Crippen molar-refractivity contribution >= 4 is 81.2 Å². The number of aryl methyl sites for hydroxylation is 1. The maximum absolute atomic E-state index is 15.1. The van der Waals surface area contributed by atoms with Crippen LogP contribution < -0.4 is 20.5 Å². The smallest absolute Gasteiger partial charge is 0.379 e. The minimum absolute atomic E-state index is 0.00594. The van der Waals surface area contributed by atoms with E-state index in [1.165, 1.54) is 44.4 Å². The third-order valence-electron chi connectivity index (χ3n) is 13.3. The fourth-order valence-corrected chi connectivity index (χ4v) is 12.6. The van der Waals surface area contributed by atoms with Gasteiger partial charge < -0.3 is 39.6 Å². The molecule has 5 aromatic carbocycles. The second-order valence-corrected chi connectivity index (χ2v) is 24.0. The van der Waals surface area contributed by atoms with E-state index in [2.05, 4.69) is 30.5 Å². The number of hydrogen-bond donors (Lipinski definition) is 2. The maximum Gasteiger partial charge on any atom is 0.379 e. The lowest BCUT2D eigenvalue weighted by Gasteiger charge is -2.49. The molecular weight excluding hydrogens is 1130 g/mol. The van der Waals surface area contributed by atoms with Crippen LogP contribution in [0.15, 0.2) is 166 Å². The molecule has 0 radical (unpaired) electrons. The van der Waals surface area contributed by atoms with E-state index in [0.29, 0.717) is 33.2 Å². The second-order valence-electron chi connectivity index (χ2n) is 21.0. The van der Waals surface area contributed by atoms with Crippen LogP contribution in [-0.4, -0.2) is 99.2 Å². The molecule has 11 rings (SSSR count). The predicted octanol–water partition coefficient (Wildman–Crippen LogP) is 9.58. The number of ether oxygens (including phenoxy) is 5. The topological polar surface area (TPSA) is 250 Å². The van der Waals surface area contributed by atoms with Crippen LogP contribution in [0, 0.1) is 6.92 Å². The van der Waals surface area contributed by atoms with E-state index in [0.717, 1.165) is 22.5 Å². The number of oxime groups is 1. The number of benzene rings is 5. The molecule has 3 aliphatic heterocycles. The van der Waals surface area contributed by atoms with Gasteiger partial charge in [0, 0.05) is 36.4 Å². The molecule has 3 N–H and O–H groups in total. The van der Waals surface area contributed by atoms with Crippen LogP contribution in [0.5, 0.6) is 11.5 Å². The van der Waals surface area contributed by atoms with Gasteiger partial charge in [-0.05, 0) is 73.7 Å². The number of nitrogens with zero attached hydrogens (tertiary/aromatic N) is 7. The summed E-state index contributed by atoms with van der Waals surface area (Å²) in [5.41, 5.74) is 9.38. The van der Waals surface area contributed by atoms with E-state index in [9.17, 15) is 19.2 Å². The number of rotatable bonds is 18. The molecule has 20 nitrogen and oxygen atoms in total. The predicted molar refractivity (Wildman–Crippen MR) is 314 cm³/mol. The number of thioether (sulfide) groups is 2. The minimum Gasteiger partial charge on any atom is -0.456 e. The Morgan fingerprint density at radius 1 is 0.810 bits per heavy atom. The molecule has 2 amide bonds. The van der Waals surface area contributed by atoms with Crippen molar-refractivity contribution in [3.8, 4) is 11.5 Å².